The van der Waals surface area contributed by atoms with Crippen LogP contribution in [0.25, 0.3) is 55.3 Å². The van der Waals surface area contributed by atoms with Crippen LogP contribution < -0.4 is 4.90 Å². The van der Waals surface area contributed by atoms with E-state index in [0.29, 0.717) is 0 Å². The van der Waals surface area contributed by atoms with E-state index in [-0.39, 0.29) is 21.7 Å². The highest BCUT2D eigenvalue weighted by Gasteiger charge is 2.45. The number of nitrogens with zero attached hydrogens (tertiary/aromatic N) is 1. The zero-order valence-electron chi connectivity index (χ0n) is 36.5. The predicted octanol–water partition coefficient (Wildman–Crippen LogP) is 16.5. The Kier molecular flexibility index (Phi) is 7.94. The predicted molar refractivity (Wildman–Crippen MR) is 253 cm³/mol. The van der Waals surface area contributed by atoms with E-state index in [2.05, 4.69) is 200 Å². The molecule has 11 rings (SSSR count). The van der Waals surface area contributed by atoms with Crippen LogP contribution in [0.15, 0.2) is 144 Å². The fourth-order valence-corrected chi connectivity index (χ4v) is 11.2. The highest BCUT2D eigenvalue weighted by molar-refractivity contribution is 6.13. The fourth-order valence-electron chi connectivity index (χ4n) is 11.2. The van der Waals surface area contributed by atoms with Crippen molar-refractivity contribution < 1.29 is 4.42 Å². The Morgan fingerprint density at radius 1 is 0.467 bits per heavy atom. The summed E-state index contributed by atoms with van der Waals surface area (Å²) in [7, 11) is 0. The van der Waals surface area contributed by atoms with Crippen LogP contribution in [0.4, 0.5) is 17.1 Å². The molecule has 0 radical (unpaired) electrons. The lowest BCUT2D eigenvalue weighted by molar-refractivity contribution is 0.550. The molecule has 0 N–H and O–H groups in total. The number of benzene rings is 7. The lowest BCUT2D eigenvalue weighted by Gasteiger charge is -2.31. The molecule has 1 aromatic heterocycles. The summed E-state index contributed by atoms with van der Waals surface area (Å²) in [5, 5.41) is 2.27. The molecule has 60 heavy (non-hydrogen) atoms. The van der Waals surface area contributed by atoms with Gasteiger partial charge in [-0.25, -0.2) is 0 Å². The van der Waals surface area contributed by atoms with Crippen molar-refractivity contribution in [2.75, 3.05) is 4.90 Å². The van der Waals surface area contributed by atoms with Crippen molar-refractivity contribution in [3.8, 4) is 33.4 Å². The molecule has 3 aliphatic carbocycles. The van der Waals surface area contributed by atoms with Crippen LogP contribution in [-0.2, 0) is 21.7 Å². The van der Waals surface area contributed by atoms with E-state index < -0.39 is 0 Å². The standard InChI is InChI=1S/C58H55NO/c1-55(2,3)37-31-36(32-38(33-37)56(4,5)6)41-19-15-20-46-47-21-16-24-52(54(47)60-53(41)46)59(39-25-27-44-42-17-9-11-22-48(42)57(7,8)50(44)34-39)40-26-28-45-43-18-10-12-23-49(43)58(51(45)35-40)29-13-14-30-58/h9-12,15-28,31-35H,13-14,29-30H2,1-8H3. The first-order chi connectivity index (χ1) is 28.7. The van der Waals surface area contributed by atoms with Crippen LogP contribution in [0.5, 0.6) is 0 Å². The second kappa shape index (κ2) is 12.8. The third-order valence-corrected chi connectivity index (χ3v) is 14.5. The van der Waals surface area contributed by atoms with Crippen molar-refractivity contribution in [2.45, 2.75) is 103 Å². The monoisotopic (exact) mass is 781 g/mol. The molecule has 0 saturated heterocycles. The Hall–Kier alpha value is -5.86. The second-order valence-electron chi connectivity index (χ2n) is 20.5. The number of hydrogen-bond donors (Lipinski definition) is 0. The maximum atomic E-state index is 7.32. The Morgan fingerprint density at radius 3 is 1.63 bits per heavy atom. The Bertz CT molecular complexity index is 3010. The smallest absolute Gasteiger partial charge is 0.159 e. The van der Waals surface area contributed by atoms with Crippen LogP contribution in [0, 0.1) is 0 Å². The molecule has 0 amide bonds. The van der Waals surface area contributed by atoms with E-state index in [1.54, 1.807) is 0 Å². The van der Waals surface area contributed by atoms with Gasteiger partial charge in [-0.1, -0.05) is 177 Å². The largest absolute Gasteiger partial charge is 0.453 e. The average Bonchev–Trinajstić information content (AvgIpc) is 4.00. The van der Waals surface area contributed by atoms with Crippen molar-refractivity contribution in [2.24, 2.45) is 0 Å². The summed E-state index contributed by atoms with van der Waals surface area (Å²) in [6, 6.07) is 53.2. The molecule has 0 unspecified atom stereocenters. The second-order valence-corrected chi connectivity index (χ2v) is 20.5. The van der Waals surface area contributed by atoms with E-state index in [1.807, 2.05) is 0 Å². The van der Waals surface area contributed by atoms with Gasteiger partial charge in [0.15, 0.2) is 5.58 Å². The number of anilines is 3. The molecule has 2 nitrogen and oxygen atoms in total. The Labute approximate surface area is 355 Å². The molecule has 0 aliphatic heterocycles. The number of fused-ring (bicyclic) bond motifs is 11. The van der Waals surface area contributed by atoms with Crippen LogP contribution in [-0.4, -0.2) is 0 Å². The Morgan fingerprint density at radius 2 is 0.983 bits per heavy atom. The van der Waals surface area contributed by atoms with Crippen molar-refractivity contribution in [1.82, 2.24) is 0 Å². The van der Waals surface area contributed by atoms with Gasteiger partial charge in [-0.3, -0.25) is 0 Å². The third-order valence-electron chi connectivity index (χ3n) is 14.5. The van der Waals surface area contributed by atoms with Crippen LogP contribution in [0.2, 0.25) is 0 Å². The summed E-state index contributed by atoms with van der Waals surface area (Å²) < 4.78 is 7.32. The summed E-state index contributed by atoms with van der Waals surface area (Å²) in [6.45, 7) is 18.6. The van der Waals surface area contributed by atoms with E-state index in [9.17, 15) is 0 Å². The van der Waals surface area contributed by atoms with Gasteiger partial charge >= 0.3 is 0 Å². The summed E-state index contributed by atoms with van der Waals surface area (Å²) in [5.41, 5.74) is 21.4. The number of rotatable bonds is 4. The van der Waals surface area contributed by atoms with Crippen molar-refractivity contribution in [3.63, 3.8) is 0 Å². The lowest BCUT2D eigenvalue weighted by atomic mass is 9.76. The highest BCUT2D eigenvalue weighted by atomic mass is 16.3. The normalized spacial score (nSPS) is 16.0. The van der Waals surface area contributed by atoms with Crippen LogP contribution in [0.1, 0.15) is 114 Å². The van der Waals surface area contributed by atoms with Gasteiger partial charge in [0.05, 0.1) is 5.69 Å². The molecule has 1 spiro atoms. The van der Waals surface area contributed by atoms with Crippen molar-refractivity contribution in [3.05, 3.63) is 173 Å². The van der Waals surface area contributed by atoms with Gasteiger partial charge in [-0.2, -0.15) is 0 Å². The molecule has 1 heterocycles. The van der Waals surface area contributed by atoms with Gasteiger partial charge < -0.3 is 9.32 Å². The zero-order valence-corrected chi connectivity index (χ0v) is 36.5. The highest BCUT2D eigenvalue weighted by Crippen LogP contribution is 2.58. The van der Waals surface area contributed by atoms with Gasteiger partial charge in [0.2, 0.25) is 0 Å². The third kappa shape index (κ3) is 5.38. The molecule has 0 atom stereocenters. The molecule has 298 valence electrons. The van der Waals surface area contributed by atoms with E-state index in [0.717, 1.165) is 38.9 Å². The average molecular weight is 782 g/mol. The molecule has 3 aliphatic rings. The SMILES string of the molecule is CC(C)(C)c1cc(-c2cccc3c2oc2c(N(c4ccc5c(c4)C(C)(C)c4ccccc4-5)c4ccc5c(c4)C4(CCCC4)c4ccccc4-5)cccc23)cc(C(C)(C)C)c1. The van der Waals surface area contributed by atoms with Crippen molar-refractivity contribution >= 4 is 39.0 Å². The number of hydrogen-bond acceptors (Lipinski definition) is 2. The summed E-state index contributed by atoms with van der Waals surface area (Å²) in [4.78, 5) is 2.49. The minimum absolute atomic E-state index is 0.00551. The molecule has 2 heteroatoms. The number of furan rings is 1. The zero-order chi connectivity index (χ0) is 41.3. The summed E-state index contributed by atoms with van der Waals surface area (Å²) in [6.07, 6.45) is 4.92. The van der Waals surface area contributed by atoms with E-state index in [4.69, 9.17) is 4.42 Å². The Balaban J connectivity index is 1.15. The molecular weight excluding hydrogens is 727 g/mol. The van der Waals surface area contributed by atoms with Gasteiger partial charge in [-0.05, 0) is 115 Å². The van der Waals surface area contributed by atoms with Crippen LogP contribution >= 0.6 is 0 Å². The lowest BCUT2D eigenvalue weighted by Crippen LogP contribution is -2.21. The molecular formula is C58H55NO. The van der Waals surface area contributed by atoms with Gasteiger partial charge in [-0.15, -0.1) is 0 Å². The molecule has 1 saturated carbocycles. The topological polar surface area (TPSA) is 16.4 Å². The quantitative estimate of drug-likeness (QED) is 0.177. The first kappa shape index (κ1) is 37.2. The molecule has 7 aromatic carbocycles. The maximum Gasteiger partial charge on any atom is 0.159 e. The minimum atomic E-state index is -0.130. The summed E-state index contributed by atoms with van der Waals surface area (Å²) in [5.74, 6) is 0. The van der Waals surface area contributed by atoms with Crippen LogP contribution in [0.3, 0.4) is 0 Å². The van der Waals surface area contributed by atoms with E-state index in [1.165, 1.54) is 92.6 Å². The molecule has 1 fully saturated rings. The minimum Gasteiger partial charge on any atom is -0.453 e. The van der Waals surface area contributed by atoms with Gasteiger partial charge in [0.1, 0.15) is 5.58 Å². The van der Waals surface area contributed by atoms with Gasteiger partial charge in [0.25, 0.3) is 0 Å². The van der Waals surface area contributed by atoms with Crippen molar-refractivity contribution in [1.29, 1.82) is 0 Å². The van der Waals surface area contributed by atoms with E-state index >= 15 is 0 Å². The fraction of sp³-hybridized carbons (Fsp3) is 0.276. The summed E-state index contributed by atoms with van der Waals surface area (Å²) >= 11 is 0. The molecule has 8 aromatic rings. The number of para-hydroxylation sites is 2. The van der Waals surface area contributed by atoms with Gasteiger partial charge in [0, 0.05) is 38.5 Å². The first-order valence-corrected chi connectivity index (χ1v) is 22.1. The maximum absolute atomic E-state index is 7.32. The molecule has 0 bridgehead atoms. The first-order valence-electron chi connectivity index (χ1n) is 22.1.